The summed E-state index contributed by atoms with van der Waals surface area (Å²) in [5.41, 5.74) is 0.0315. The second-order valence-corrected chi connectivity index (χ2v) is 7.95. The molecule has 0 aliphatic carbocycles. The van der Waals surface area contributed by atoms with Gasteiger partial charge in [0.1, 0.15) is 5.75 Å². The Kier molecular flexibility index (Phi) is 5.82. The Morgan fingerprint density at radius 2 is 1.77 bits per heavy atom. The van der Waals surface area contributed by atoms with Crippen LogP contribution in [0, 0.1) is 5.41 Å². The first-order valence-electron chi connectivity index (χ1n) is 6.96. The molecule has 0 bridgehead atoms. The van der Waals surface area contributed by atoms with Crippen LogP contribution < -0.4 is 14.4 Å². The highest BCUT2D eigenvalue weighted by atomic mass is 32.2. The lowest BCUT2D eigenvalue weighted by Gasteiger charge is -2.24. The van der Waals surface area contributed by atoms with Crippen LogP contribution in [0.25, 0.3) is 0 Å². The van der Waals surface area contributed by atoms with Gasteiger partial charge < -0.3 is 10.1 Å². The quantitative estimate of drug-likeness (QED) is 0.861. The van der Waals surface area contributed by atoms with Crippen molar-refractivity contribution in [1.29, 1.82) is 0 Å². The number of ether oxygens (including phenoxy) is 1. The van der Waals surface area contributed by atoms with E-state index in [0.29, 0.717) is 11.4 Å². The van der Waals surface area contributed by atoms with Crippen molar-refractivity contribution in [3.05, 3.63) is 24.3 Å². The van der Waals surface area contributed by atoms with Crippen molar-refractivity contribution in [2.75, 3.05) is 30.8 Å². The molecule has 0 aliphatic heterocycles. The standard InChI is InChI=1S/C15H24N2O4S/c1-15(2,3)14(18)16-10-11-17(22(5,19)20)12-6-8-13(21-4)9-7-12/h6-9H,10-11H2,1-5H3,(H,16,18). The second-order valence-electron chi connectivity index (χ2n) is 6.04. The van der Waals surface area contributed by atoms with Gasteiger partial charge in [0.2, 0.25) is 15.9 Å². The highest BCUT2D eigenvalue weighted by molar-refractivity contribution is 7.92. The van der Waals surface area contributed by atoms with Crippen LogP contribution in [0.15, 0.2) is 24.3 Å². The summed E-state index contributed by atoms with van der Waals surface area (Å²) in [4.78, 5) is 11.8. The molecule has 1 amide bonds. The Bertz CT molecular complexity index is 603. The normalized spacial score (nSPS) is 11.9. The van der Waals surface area contributed by atoms with Crippen molar-refractivity contribution in [1.82, 2.24) is 5.32 Å². The monoisotopic (exact) mass is 328 g/mol. The topological polar surface area (TPSA) is 75.7 Å². The molecule has 1 rings (SSSR count). The SMILES string of the molecule is COc1ccc(N(CCNC(=O)C(C)(C)C)S(C)(=O)=O)cc1. The number of carbonyl (C=O) groups is 1. The van der Waals surface area contributed by atoms with Gasteiger partial charge in [0.05, 0.1) is 25.6 Å². The molecule has 0 unspecified atom stereocenters. The molecule has 0 saturated carbocycles. The third kappa shape index (κ3) is 5.22. The summed E-state index contributed by atoms with van der Waals surface area (Å²) in [6, 6.07) is 6.74. The van der Waals surface area contributed by atoms with Crippen molar-refractivity contribution in [3.63, 3.8) is 0 Å². The van der Waals surface area contributed by atoms with Crippen LogP contribution in [0.3, 0.4) is 0 Å². The van der Waals surface area contributed by atoms with Crippen molar-refractivity contribution in [3.8, 4) is 5.75 Å². The first-order valence-corrected chi connectivity index (χ1v) is 8.80. The molecule has 1 aromatic carbocycles. The lowest BCUT2D eigenvalue weighted by molar-refractivity contribution is -0.128. The number of sulfonamides is 1. The van der Waals surface area contributed by atoms with Gasteiger partial charge in [-0.15, -0.1) is 0 Å². The van der Waals surface area contributed by atoms with E-state index in [1.807, 2.05) is 0 Å². The minimum absolute atomic E-state index is 0.115. The number of rotatable bonds is 6. The molecule has 6 nitrogen and oxygen atoms in total. The van der Waals surface area contributed by atoms with E-state index in [1.165, 1.54) is 4.31 Å². The molecule has 0 aliphatic rings. The number of carbonyl (C=O) groups excluding carboxylic acids is 1. The Morgan fingerprint density at radius 3 is 2.18 bits per heavy atom. The third-order valence-corrected chi connectivity index (χ3v) is 4.24. The molecule has 22 heavy (non-hydrogen) atoms. The number of amides is 1. The number of hydrogen-bond acceptors (Lipinski definition) is 4. The maximum Gasteiger partial charge on any atom is 0.232 e. The first kappa shape index (κ1) is 18.3. The molecule has 124 valence electrons. The number of hydrogen-bond donors (Lipinski definition) is 1. The number of methoxy groups -OCH3 is 1. The lowest BCUT2D eigenvalue weighted by atomic mass is 9.96. The minimum atomic E-state index is -3.43. The van der Waals surface area contributed by atoms with Gasteiger partial charge in [-0.3, -0.25) is 9.10 Å². The van der Waals surface area contributed by atoms with Crippen LogP contribution in [0.1, 0.15) is 20.8 Å². The van der Waals surface area contributed by atoms with E-state index in [4.69, 9.17) is 4.74 Å². The van der Waals surface area contributed by atoms with E-state index in [1.54, 1.807) is 52.1 Å². The lowest BCUT2D eigenvalue weighted by Crippen LogP contribution is -2.41. The summed E-state index contributed by atoms with van der Waals surface area (Å²) >= 11 is 0. The maximum absolute atomic E-state index is 11.9. The summed E-state index contributed by atoms with van der Waals surface area (Å²) < 4.78 is 30.2. The number of nitrogens with one attached hydrogen (secondary N) is 1. The molecule has 0 aromatic heterocycles. The van der Waals surface area contributed by atoms with Crippen LogP contribution >= 0.6 is 0 Å². The average molecular weight is 328 g/mol. The summed E-state index contributed by atoms with van der Waals surface area (Å²) in [6.45, 7) is 5.84. The third-order valence-electron chi connectivity index (χ3n) is 3.04. The van der Waals surface area contributed by atoms with Gasteiger partial charge in [-0.1, -0.05) is 20.8 Å². The van der Waals surface area contributed by atoms with Gasteiger partial charge in [-0.2, -0.15) is 0 Å². The molecule has 0 fully saturated rings. The number of nitrogens with zero attached hydrogens (tertiary/aromatic N) is 1. The fourth-order valence-corrected chi connectivity index (χ4v) is 2.70. The van der Waals surface area contributed by atoms with Crippen molar-refractivity contribution >= 4 is 21.6 Å². The zero-order valence-corrected chi connectivity index (χ0v) is 14.5. The summed E-state index contributed by atoms with van der Waals surface area (Å²) in [7, 11) is -1.88. The fraction of sp³-hybridized carbons (Fsp3) is 0.533. The van der Waals surface area contributed by atoms with Gasteiger partial charge in [0.25, 0.3) is 0 Å². The average Bonchev–Trinajstić information content (AvgIpc) is 2.41. The van der Waals surface area contributed by atoms with Crippen LogP contribution in [-0.4, -0.2) is 40.8 Å². The van der Waals surface area contributed by atoms with Crippen LogP contribution in [-0.2, 0) is 14.8 Å². The number of anilines is 1. The van der Waals surface area contributed by atoms with E-state index in [9.17, 15) is 13.2 Å². The van der Waals surface area contributed by atoms with Crippen LogP contribution in [0.2, 0.25) is 0 Å². The fourth-order valence-electron chi connectivity index (χ4n) is 1.77. The van der Waals surface area contributed by atoms with E-state index in [0.717, 1.165) is 6.26 Å². The Balaban J connectivity index is 2.80. The molecule has 7 heteroatoms. The minimum Gasteiger partial charge on any atom is -0.497 e. The van der Waals surface area contributed by atoms with Gasteiger partial charge in [-0.05, 0) is 24.3 Å². The molecule has 1 N–H and O–H groups in total. The smallest absolute Gasteiger partial charge is 0.232 e. The van der Waals surface area contributed by atoms with E-state index in [2.05, 4.69) is 5.32 Å². The summed E-state index contributed by atoms with van der Waals surface area (Å²) in [6.07, 6.45) is 1.14. The van der Waals surface area contributed by atoms with Crippen molar-refractivity contribution < 1.29 is 17.9 Å². The largest absolute Gasteiger partial charge is 0.497 e. The van der Waals surface area contributed by atoms with Gasteiger partial charge >= 0.3 is 0 Å². The molecule has 0 spiro atoms. The molecule has 0 saturated heterocycles. The number of benzene rings is 1. The summed E-state index contributed by atoms with van der Waals surface area (Å²) in [5, 5.41) is 2.75. The molecule has 0 radical (unpaired) electrons. The van der Waals surface area contributed by atoms with Crippen molar-refractivity contribution in [2.45, 2.75) is 20.8 Å². The van der Waals surface area contributed by atoms with Gasteiger partial charge in [-0.25, -0.2) is 8.42 Å². The molecule has 1 aromatic rings. The highest BCUT2D eigenvalue weighted by Crippen LogP contribution is 2.21. The van der Waals surface area contributed by atoms with Crippen LogP contribution in [0.5, 0.6) is 5.75 Å². The molecular weight excluding hydrogens is 304 g/mol. The van der Waals surface area contributed by atoms with Crippen LogP contribution in [0.4, 0.5) is 5.69 Å². The van der Waals surface area contributed by atoms with E-state index in [-0.39, 0.29) is 19.0 Å². The predicted octanol–water partition coefficient (Wildman–Crippen LogP) is 1.62. The predicted molar refractivity (Wildman–Crippen MR) is 87.6 cm³/mol. The Labute approximate surface area is 132 Å². The molecule has 0 heterocycles. The maximum atomic E-state index is 11.9. The highest BCUT2D eigenvalue weighted by Gasteiger charge is 2.22. The summed E-state index contributed by atoms with van der Waals surface area (Å²) in [5.74, 6) is 0.536. The van der Waals surface area contributed by atoms with E-state index < -0.39 is 15.4 Å². The van der Waals surface area contributed by atoms with E-state index >= 15 is 0 Å². The first-order chi connectivity index (χ1) is 10.1. The molecular formula is C15H24N2O4S. The zero-order chi connectivity index (χ0) is 17.0. The molecule has 0 atom stereocenters. The van der Waals surface area contributed by atoms with Crippen molar-refractivity contribution in [2.24, 2.45) is 5.41 Å². The Morgan fingerprint density at radius 1 is 1.23 bits per heavy atom. The second kappa shape index (κ2) is 7.00. The zero-order valence-electron chi connectivity index (χ0n) is 13.7. The Hall–Kier alpha value is -1.76. The van der Waals surface area contributed by atoms with Gasteiger partial charge in [0.15, 0.2) is 0 Å². The van der Waals surface area contributed by atoms with Gasteiger partial charge in [0, 0.05) is 12.0 Å².